The Morgan fingerprint density at radius 2 is 1.52 bits per heavy atom. The Morgan fingerprint density at radius 1 is 0.926 bits per heavy atom. The van der Waals surface area contributed by atoms with Crippen molar-refractivity contribution in [3.8, 4) is 17.1 Å². The number of benzene rings is 2. The van der Waals surface area contributed by atoms with Crippen LogP contribution < -0.4 is 10.2 Å². The average Bonchev–Trinajstić information content (AvgIpc) is 2.64. The van der Waals surface area contributed by atoms with Crippen LogP contribution in [0.5, 0.6) is 5.75 Å². The summed E-state index contributed by atoms with van der Waals surface area (Å²) in [6, 6.07) is 16.0. The molecule has 0 atom stereocenters. The molecule has 3 aromatic rings. The topological polar surface area (TPSA) is 59.8 Å². The van der Waals surface area contributed by atoms with Gasteiger partial charge in [0.1, 0.15) is 5.58 Å². The van der Waals surface area contributed by atoms with Crippen molar-refractivity contribution < 1.29 is 13.9 Å². The van der Waals surface area contributed by atoms with E-state index in [1.54, 1.807) is 29.2 Å². The summed E-state index contributed by atoms with van der Waals surface area (Å²) in [5, 5.41) is 0.376. The van der Waals surface area contributed by atoms with Gasteiger partial charge >= 0.3 is 6.09 Å². The van der Waals surface area contributed by atoms with Crippen LogP contribution in [0.4, 0.5) is 4.79 Å². The minimum absolute atomic E-state index is 0.0647. The van der Waals surface area contributed by atoms with Gasteiger partial charge in [0.25, 0.3) is 0 Å². The van der Waals surface area contributed by atoms with Crippen molar-refractivity contribution in [2.45, 2.75) is 39.8 Å². The van der Waals surface area contributed by atoms with E-state index in [0.29, 0.717) is 16.5 Å². The van der Waals surface area contributed by atoms with Gasteiger partial charge in [-0.1, -0.05) is 42.5 Å². The van der Waals surface area contributed by atoms with Crippen LogP contribution in [0.15, 0.2) is 63.8 Å². The minimum Gasteiger partial charge on any atom is -0.452 e. The molecule has 1 aromatic heterocycles. The van der Waals surface area contributed by atoms with Gasteiger partial charge in [-0.15, -0.1) is 0 Å². The highest BCUT2D eigenvalue weighted by molar-refractivity contribution is 5.84. The zero-order valence-electron chi connectivity index (χ0n) is 15.9. The number of ether oxygens (including phenoxy) is 1. The molecule has 27 heavy (non-hydrogen) atoms. The third-order valence-corrected chi connectivity index (χ3v) is 4.31. The molecule has 0 bridgehead atoms. The fourth-order valence-corrected chi connectivity index (χ4v) is 3.16. The smallest absolute Gasteiger partial charge is 0.415 e. The number of hydrogen-bond donors (Lipinski definition) is 0. The molecule has 5 heteroatoms. The van der Waals surface area contributed by atoms with Gasteiger partial charge in [0.2, 0.25) is 11.2 Å². The summed E-state index contributed by atoms with van der Waals surface area (Å²) < 4.78 is 11.6. The van der Waals surface area contributed by atoms with E-state index in [2.05, 4.69) is 0 Å². The Morgan fingerprint density at radius 3 is 2.15 bits per heavy atom. The quantitative estimate of drug-likeness (QED) is 0.647. The third-order valence-electron chi connectivity index (χ3n) is 4.31. The van der Waals surface area contributed by atoms with E-state index in [-0.39, 0.29) is 29.0 Å². The first-order valence-corrected chi connectivity index (χ1v) is 9.01. The van der Waals surface area contributed by atoms with Crippen molar-refractivity contribution in [3.05, 3.63) is 64.8 Å². The monoisotopic (exact) mass is 365 g/mol. The van der Waals surface area contributed by atoms with Crippen molar-refractivity contribution in [3.63, 3.8) is 0 Å². The van der Waals surface area contributed by atoms with Crippen LogP contribution in [-0.2, 0) is 0 Å². The lowest BCUT2D eigenvalue weighted by Gasteiger charge is -2.29. The van der Waals surface area contributed by atoms with Crippen LogP contribution >= 0.6 is 0 Å². The van der Waals surface area contributed by atoms with Crippen molar-refractivity contribution in [2.24, 2.45) is 0 Å². The molecule has 5 nitrogen and oxygen atoms in total. The van der Waals surface area contributed by atoms with E-state index in [0.717, 1.165) is 0 Å². The van der Waals surface area contributed by atoms with Gasteiger partial charge in [0.05, 0.1) is 5.39 Å². The summed E-state index contributed by atoms with van der Waals surface area (Å²) in [4.78, 5) is 27.4. The van der Waals surface area contributed by atoms with Crippen LogP contribution in [0, 0.1) is 0 Å². The molecule has 0 spiro atoms. The van der Waals surface area contributed by atoms with Crippen molar-refractivity contribution >= 4 is 17.1 Å². The van der Waals surface area contributed by atoms with Crippen LogP contribution in [0.1, 0.15) is 27.7 Å². The molecular weight excluding hydrogens is 342 g/mol. The minimum atomic E-state index is -0.570. The molecule has 1 amide bonds. The van der Waals surface area contributed by atoms with Gasteiger partial charge < -0.3 is 14.1 Å². The maximum atomic E-state index is 13.1. The third kappa shape index (κ3) is 3.72. The van der Waals surface area contributed by atoms with Crippen LogP contribution in [0.25, 0.3) is 22.3 Å². The van der Waals surface area contributed by atoms with Gasteiger partial charge in [-0.25, -0.2) is 4.79 Å². The number of rotatable bonds is 4. The van der Waals surface area contributed by atoms with E-state index in [1.165, 1.54) is 0 Å². The second-order valence-corrected chi connectivity index (χ2v) is 6.91. The number of carbonyl (C=O) groups is 1. The normalized spacial score (nSPS) is 11.2. The Balaban J connectivity index is 2.17. The summed E-state index contributed by atoms with van der Waals surface area (Å²) in [7, 11) is 0. The molecular formula is C22H23NO4. The molecule has 0 saturated carbocycles. The first kappa shape index (κ1) is 18.7. The van der Waals surface area contributed by atoms with E-state index in [4.69, 9.17) is 9.15 Å². The van der Waals surface area contributed by atoms with Crippen molar-refractivity contribution in [1.82, 2.24) is 4.90 Å². The first-order chi connectivity index (χ1) is 12.9. The number of hydrogen-bond acceptors (Lipinski definition) is 4. The van der Waals surface area contributed by atoms with E-state index in [1.807, 2.05) is 58.0 Å². The van der Waals surface area contributed by atoms with E-state index >= 15 is 0 Å². The van der Waals surface area contributed by atoms with Crippen molar-refractivity contribution in [1.29, 1.82) is 0 Å². The number of amides is 1. The van der Waals surface area contributed by atoms with Crippen LogP contribution in [-0.4, -0.2) is 23.1 Å². The fraction of sp³-hybridized carbons (Fsp3) is 0.273. The Hall–Kier alpha value is -3.08. The van der Waals surface area contributed by atoms with Crippen LogP contribution in [0.2, 0.25) is 0 Å². The largest absolute Gasteiger partial charge is 0.452 e. The standard InChI is InChI=1S/C22H23NO4/c1-14(2)23(15(3)4)22(25)27-21-19(24)17-12-8-9-13-18(17)26-20(21)16-10-6-5-7-11-16/h5-15H,1-4H3. The highest BCUT2D eigenvalue weighted by Gasteiger charge is 2.26. The second-order valence-electron chi connectivity index (χ2n) is 6.91. The van der Waals surface area contributed by atoms with Crippen LogP contribution in [0.3, 0.4) is 0 Å². The molecule has 1 heterocycles. The number of fused-ring (bicyclic) bond motifs is 1. The number of carbonyl (C=O) groups excluding carboxylic acids is 1. The lowest BCUT2D eigenvalue weighted by atomic mass is 10.1. The fourth-order valence-electron chi connectivity index (χ4n) is 3.16. The Bertz CT molecular complexity index is 998. The van der Waals surface area contributed by atoms with Crippen molar-refractivity contribution in [2.75, 3.05) is 0 Å². The molecule has 0 aliphatic heterocycles. The maximum Gasteiger partial charge on any atom is 0.415 e. The van der Waals surface area contributed by atoms with E-state index < -0.39 is 6.09 Å². The predicted octanol–water partition coefficient (Wildman–Crippen LogP) is 5.08. The van der Waals surface area contributed by atoms with Gasteiger partial charge in [-0.3, -0.25) is 4.79 Å². The molecule has 0 unspecified atom stereocenters. The summed E-state index contributed by atoms with van der Waals surface area (Å²) in [5.74, 6) is 0.163. The molecule has 2 aromatic carbocycles. The molecule has 0 aliphatic rings. The highest BCUT2D eigenvalue weighted by Crippen LogP contribution is 2.31. The van der Waals surface area contributed by atoms with Gasteiger partial charge in [0, 0.05) is 17.6 Å². The number of nitrogens with zero attached hydrogens (tertiary/aromatic N) is 1. The average molecular weight is 365 g/mol. The lowest BCUT2D eigenvalue weighted by molar-refractivity contribution is 0.122. The number of para-hydroxylation sites is 1. The molecule has 0 N–H and O–H groups in total. The lowest BCUT2D eigenvalue weighted by Crippen LogP contribution is -2.44. The Labute approximate surface area is 158 Å². The second kappa shape index (κ2) is 7.66. The molecule has 0 radical (unpaired) electrons. The zero-order valence-corrected chi connectivity index (χ0v) is 15.9. The molecule has 0 saturated heterocycles. The zero-order chi connectivity index (χ0) is 19.6. The van der Waals surface area contributed by atoms with Gasteiger partial charge in [0.15, 0.2) is 5.76 Å². The highest BCUT2D eigenvalue weighted by atomic mass is 16.6. The summed E-state index contributed by atoms with van der Waals surface area (Å²) in [6.45, 7) is 7.62. The summed E-state index contributed by atoms with van der Waals surface area (Å²) in [5.41, 5.74) is 0.756. The molecule has 3 rings (SSSR count). The first-order valence-electron chi connectivity index (χ1n) is 9.01. The summed E-state index contributed by atoms with van der Waals surface area (Å²) >= 11 is 0. The molecule has 140 valence electrons. The maximum absolute atomic E-state index is 13.1. The predicted molar refractivity (Wildman–Crippen MR) is 106 cm³/mol. The van der Waals surface area contributed by atoms with E-state index in [9.17, 15) is 9.59 Å². The van der Waals surface area contributed by atoms with Gasteiger partial charge in [-0.05, 0) is 39.8 Å². The Kier molecular flexibility index (Phi) is 5.31. The summed E-state index contributed by atoms with van der Waals surface area (Å²) in [6.07, 6.45) is -0.570. The molecule has 0 fully saturated rings. The SMILES string of the molecule is CC(C)N(C(=O)Oc1c(-c2ccccc2)oc2ccccc2c1=O)C(C)C. The van der Waals surface area contributed by atoms with Gasteiger partial charge in [-0.2, -0.15) is 0 Å². The molecule has 0 aliphatic carbocycles.